The van der Waals surface area contributed by atoms with E-state index < -0.39 is 15.9 Å². The van der Waals surface area contributed by atoms with E-state index in [1.54, 1.807) is 0 Å². The van der Waals surface area contributed by atoms with Gasteiger partial charge in [0.25, 0.3) is 0 Å². The highest BCUT2D eigenvalue weighted by molar-refractivity contribution is 7.80. The van der Waals surface area contributed by atoms with Crippen LogP contribution in [0.2, 0.25) is 0 Å². The highest BCUT2D eigenvalue weighted by Gasteiger charge is 2.30. The molecule has 1 aromatic rings. The third-order valence-corrected chi connectivity index (χ3v) is 3.97. The van der Waals surface area contributed by atoms with Gasteiger partial charge in [0.15, 0.2) is 0 Å². The smallest absolute Gasteiger partial charge is 0.321 e. The number of rotatable bonds is 6. The van der Waals surface area contributed by atoms with E-state index in [0.29, 0.717) is 19.3 Å². The predicted octanol–water partition coefficient (Wildman–Crippen LogP) is 2.33. The van der Waals surface area contributed by atoms with Gasteiger partial charge in [-0.1, -0.05) is 48.6 Å². The van der Waals surface area contributed by atoms with Crippen LogP contribution in [0.3, 0.4) is 0 Å². The lowest BCUT2D eigenvalue weighted by Gasteiger charge is -2.33. The van der Waals surface area contributed by atoms with Crippen molar-refractivity contribution in [1.29, 1.82) is 0 Å². The Hall–Kier alpha value is -1.47. The van der Waals surface area contributed by atoms with Gasteiger partial charge in [0.05, 0.1) is 6.61 Å². The SMILES string of the molecule is N[C@]1(CCCOS(=O)(=O)O)CC=CC=C1c1ccccc1. The second kappa shape index (κ2) is 6.53. The second-order valence-corrected chi connectivity index (χ2v) is 6.18. The number of allylic oxidation sites excluding steroid dienone is 2. The Kier molecular flexibility index (Phi) is 4.95. The van der Waals surface area contributed by atoms with Crippen LogP contribution >= 0.6 is 0 Å². The van der Waals surface area contributed by atoms with E-state index in [1.165, 1.54) is 0 Å². The summed E-state index contributed by atoms with van der Waals surface area (Å²) in [7, 11) is -4.38. The van der Waals surface area contributed by atoms with Crippen LogP contribution in [0.15, 0.2) is 48.6 Å². The summed E-state index contributed by atoms with van der Waals surface area (Å²) in [6, 6.07) is 9.86. The van der Waals surface area contributed by atoms with E-state index in [0.717, 1.165) is 11.1 Å². The van der Waals surface area contributed by atoms with Crippen molar-refractivity contribution >= 4 is 16.0 Å². The van der Waals surface area contributed by atoms with Crippen molar-refractivity contribution in [3.63, 3.8) is 0 Å². The molecule has 0 saturated heterocycles. The molecule has 3 N–H and O–H groups in total. The van der Waals surface area contributed by atoms with E-state index in [4.69, 9.17) is 10.3 Å². The predicted molar refractivity (Wildman–Crippen MR) is 81.8 cm³/mol. The highest BCUT2D eigenvalue weighted by atomic mass is 32.3. The Morgan fingerprint density at radius 2 is 2.00 bits per heavy atom. The first kappa shape index (κ1) is 15.9. The van der Waals surface area contributed by atoms with Gasteiger partial charge in [-0.05, 0) is 30.4 Å². The molecule has 0 unspecified atom stereocenters. The molecule has 0 saturated carbocycles. The quantitative estimate of drug-likeness (QED) is 0.622. The van der Waals surface area contributed by atoms with E-state index in [-0.39, 0.29) is 6.61 Å². The van der Waals surface area contributed by atoms with E-state index in [9.17, 15) is 8.42 Å². The van der Waals surface area contributed by atoms with Crippen LogP contribution < -0.4 is 5.73 Å². The average molecular weight is 309 g/mol. The fourth-order valence-electron chi connectivity index (χ4n) is 2.51. The molecule has 0 bridgehead atoms. The largest absolute Gasteiger partial charge is 0.397 e. The summed E-state index contributed by atoms with van der Waals surface area (Å²) in [6.07, 6.45) is 7.64. The average Bonchev–Trinajstić information content (AvgIpc) is 2.44. The standard InChI is InChI=1S/C15H19NO4S/c16-15(11-6-12-20-21(17,18)19)10-5-4-9-14(15)13-7-2-1-3-8-13/h1-5,7-9H,6,10-12,16H2,(H,17,18,19)/t15-/m0/s1. The fraction of sp³-hybridized carbons (Fsp3) is 0.333. The van der Waals surface area contributed by atoms with Gasteiger partial charge in [0.1, 0.15) is 0 Å². The number of hydrogen-bond donors (Lipinski definition) is 2. The first-order valence-electron chi connectivity index (χ1n) is 6.74. The minimum absolute atomic E-state index is 0.0798. The van der Waals surface area contributed by atoms with Crippen LogP contribution in [0.25, 0.3) is 5.57 Å². The minimum Gasteiger partial charge on any atom is -0.321 e. The minimum atomic E-state index is -4.38. The lowest BCUT2D eigenvalue weighted by molar-refractivity contribution is 0.255. The van der Waals surface area contributed by atoms with E-state index in [2.05, 4.69) is 4.18 Å². The zero-order valence-electron chi connectivity index (χ0n) is 11.6. The van der Waals surface area contributed by atoms with Crippen LogP contribution in [0.4, 0.5) is 0 Å². The molecule has 0 radical (unpaired) electrons. The van der Waals surface area contributed by atoms with Crippen molar-refractivity contribution in [2.75, 3.05) is 6.61 Å². The topological polar surface area (TPSA) is 89.6 Å². The molecule has 0 aliphatic heterocycles. The Labute approximate surface area is 125 Å². The van der Waals surface area contributed by atoms with Crippen LogP contribution in [0.1, 0.15) is 24.8 Å². The van der Waals surface area contributed by atoms with Crippen molar-refractivity contribution in [1.82, 2.24) is 0 Å². The molecule has 0 aromatic heterocycles. The third-order valence-electron chi connectivity index (χ3n) is 3.50. The molecule has 2 rings (SSSR count). The lowest BCUT2D eigenvalue weighted by atomic mass is 9.77. The summed E-state index contributed by atoms with van der Waals surface area (Å²) in [5, 5.41) is 0. The summed E-state index contributed by atoms with van der Waals surface area (Å²) in [5.74, 6) is 0. The second-order valence-electron chi connectivity index (χ2n) is 5.09. The molecular weight excluding hydrogens is 290 g/mol. The molecule has 1 aliphatic rings. The zero-order valence-corrected chi connectivity index (χ0v) is 12.4. The van der Waals surface area contributed by atoms with Gasteiger partial charge in [-0.15, -0.1) is 0 Å². The maximum absolute atomic E-state index is 10.5. The van der Waals surface area contributed by atoms with Crippen LogP contribution in [-0.4, -0.2) is 25.1 Å². The maximum atomic E-state index is 10.5. The summed E-state index contributed by atoms with van der Waals surface area (Å²) >= 11 is 0. The molecule has 114 valence electrons. The maximum Gasteiger partial charge on any atom is 0.397 e. The van der Waals surface area contributed by atoms with Gasteiger partial charge in [-0.3, -0.25) is 4.55 Å². The summed E-state index contributed by atoms with van der Waals surface area (Å²) < 4.78 is 33.9. The highest BCUT2D eigenvalue weighted by Crippen LogP contribution is 2.34. The van der Waals surface area contributed by atoms with Gasteiger partial charge in [-0.2, -0.15) is 8.42 Å². The molecule has 6 heteroatoms. The number of hydrogen-bond acceptors (Lipinski definition) is 4. The normalized spacial score (nSPS) is 22.1. The number of nitrogens with two attached hydrogens (primary N) is 1. The molecule has 0 heterocycles. The molecule has 0 spiro atoms. The monoisotopic (exact) mass is 309 g/mol. The Bertz CT molecular complexity index is 637. The van der Waals surface area contributed by atoms with Gasteiger partial charge >= 0.3 is 10.4 Å². The van der Waals surface area contributed by atoms with Crippen molar-refractivity contribution < 1.29 is 17.2 Å². The van der Waals surface area contributed by atoms with E-state index >= 15 is 0 Å². The fourth-order valence-corrected chi connectivity index (χ4v) is 2.84. The van der Waals surface area contributed by atoms with Crippen LogP contribution in [0, 0.1) is 0 Å². The van der Waals surface area contributed by atoms with Crippen LogP contribution in [-0.2, 0) is 14.6 Å². The molecule has 1 atom stereocenters. The van der Waals surface area contributed by atoms with Gasteiger partial charge in [0, 0.05) is 5.54 Å². The molecule has 1 aliphatic carbocycles. The van der Waals surface area contributed by atoms with E-state index in [1.807, 2.05) is 48.6 Å². The number of benzene rings is 1. The zero-order chi connectivity index (χ0) is 15.3. The van der Waals surface area contributed by atoms with Crippen molar-refractivity contribution in [2.45, 2.75) is 24.8 Å². The first-order chi connectivity index (χ1) is 9.91. The Morgan fingerprint density at radius 3 is 2.67 bits per heavy atom. The molecule has 0 fully saturated rings. The summed E-state index contributed by atoms with van der Waals surface area (Å²) in [6.45, 7) is -0.0798. The molecule has 5 nitrogen and oxygen atoms in total. The molecule has 21 heavy (non-hydrogen) atoms. The van der Waals surface area contributed by atoms with Crippen LogP contribution in [0.5, 0.6) is 0 Å². The lowest BCUT2D eigenvalue weighted by Crippen LogP contribution is -2.41. The summed E-state index contributed by atoms with van der Waals surface area (Å²) in [5.41, 5.74) is 8.02. The molecule has 0 amide bonds. The van der Waals surface area contributed by atoms with Crippen molar-refractivity contribution in [3.05, 3.63) is 54.1 Å². The molecule has 1 aromatic carbocycles. The van der Waals surface area contributed by atoms with Crippen molar-refractivity contribution in [2.24, 2.45) is 5.73 Å². The Balaban J connectivity index is 2.06. The molecular formula is C15H19NO4S. The van der Waals surface area contributed by atoms with Gasteiger partial charge in [-0.25, -0.2) is 4.18 Å². The summed E-state index contributed by atoms with van der Waals surface area (Å²) in [4.78, 5) is 0. The van der Waals surface area contributed by atoms with Gasteiger partial charge in [0.2, 0.25) is 0 Å². The Morgan fingerprint density at radius 1 is 1.29 bits per heavy atom. The van der Waals surface area contributed by atoms with Crippen molar-refractivity contribution in [3.8, 4) is 0 Å². The third kappa shape index (κ3) is 4.50. The van der Waals surface area contributed by atoms with Gasteiger partial charge < -0.3 is 5.73 Å². The first-order valence-corrected chi connectivity index (χ1v) is 8.11.